The largest absolute Gasteiger partial charge is 0.480 e. The lowest BCUT2D eigenvalue weighted by Crippen LogP contribution is -2.27. The minimum absolute atomic E-state index is 0.606. The summed E-state index contributed by atoms with van der Waals surface area (Å²) in [6.45, 7) is 8.80. The van der Waals surface area contributed by atoms with Crippen molar-refractivity contribution in [1.82, 2.24) is 24.7 Å². The molecule has 1 N–H and O–H groups in total. The van der Waals surface area contributed by atoms with Crippen LogP contribution in [0.1, 0.15) is 43.2 Å². The summed E-state index contributed by atoms with van der Waals surface area (Å²) in [7, 11) is 0. The van der Waals surface area contributed by atoms with E-state index in [-0.39, 0.29) is 0 Å². The van der Waals surface area contributed by atoms with Crippen molar-refractivity contribution in [3.8, 4) is 5.69 Å². The monoisotopic (exact) mass is 522 g/mol. The molecule has 0 unspecified atom stereocenters. The van der Waals surface area contributed by atoms with Gasteiger partial charge in [-0.1, -0.05) is 36.4 Å². The summed E-state index contributed by atoms with van der Waals surface area (Å²) in [5.74, 6) is -0.193. The highest BCUT2D eigenvalue weighted by atomic mass is 32.2. The highest BCUT2D eigenvalue weighted by Crippen LogP contribution is 2.34. The van der Waals surface area contributed by atoms with Crippen LogP contribution < -0.4 is 4.90 Å². The van der Waals surface area contributed by atoms with Crippen LogP contribution in [0, 0.1) is 6.92 Å². The molecular formula is C26H30N6O2S2. The Morgan fingerprint density at radius 3 is 2.53 bits per heavy atom. The predicted octanol–water partition coefficient (Wildman–Crippen LogP) is 5.19. The zero-order valence-corrected chi connectivity index (χ0v) is 22.5. The van der Waals surface area contributed by atoms with Crippen molar-refractivity contribution >= 4 is 35.0 Å². The first-order chi connectivity index (χ1) is 17.2. The molecule has 0 radical (unpaired) electrons. The number of hydrogen-bond acceptors (Lipinski definition) is 8. The lowest BCUT2D eigenvalue weighted by molar-refractivity contribution is -0.138. The number of benzene rings is 1. The summed E-state index contributed by atoms with van der Waals surface area (Å²) in [5, 5.41) is 15.9. The minimum Gasteiger partial charge on any atom is -0.480 e. The average molecular weight is 523 g/mol. The molecule has 0 spiro atoms. The molecule has 4 rings (SSSR count). The van der Waals surface area contributed by atoms with Crippen LogP contribution in [0.25, 0.3) is 5.69 Å². The molecule has 0 fully saturated rings. The van der Waals surface area contributed by atoms with Gasteiger partial charge in [0.05, 0.1) is 17.6 Å². The highest BCUT2D eigenvalue weighted by molar-refractivity contribution is 8.03. The first-order valence-electron chi connectivity index (χ1n) is 11.8. The standard InChI is InChI=1S/C26H30N6O2S2/c1-5-19-12-27-24(28-13-19)31(11-10-21-17-35-25(30-21)36-26(3,4)23(33)34)15-20-14-29-32(16-20)22-8-6-18(2)7-9-22/h6-9,12-14,16-17H,5,10-11,15H2,1-4H3,(H,33,34). The molecule has 188 valence electrons. The Morgan fingerprint density at radius 1 is 1.14 bits per heavy atom. The van der Waals surface area contributed by atoms with E-state index < -0.39 is 10.7 Å². The minimum atomic E-state index is -0.923. The van der Waals surface area contributed by atoms with E-state index >= 15 is 0 Å². The van der Waals surface area contributed by atoms with Crippen molar-refractivity contribution in [3.05, 3.63) is 76.8 Å². The fourth-order valence-corrected chi connectivity index (χ4v) is 5.63. The van der Waals surface area contributed by atoms with Gasteiger partial charge in [0.1, 0.15) is 4.75 Å². The van der Waals surface area contributed by atoms with Gasteiger partial charge >= 0.3 is 5.97 Å². The first kappa shape index (κ1) is 25.8. The van der Waals surface area contributed by atoms with Gasteiger partial charge in [0.25, 0.3) is 0 Å². The van der Waals surface area contributed by atoms with Crippen LogP contribution in [0.5, 0.6) is 0 Å². The van der Waals surface area contributed by atoms with E-state index in [0.717, 1.165) is 33.3 Å². The Balaban J connectivity index is 1.49. The molecule has 3 heterocycles. The summed E-state index contributed by atoms with van der Waals surface area (Å²) >= 11 is 2.75. The number of aliphatic carboxylic acids is 1. The summed E-state index contributed by atoms with van der Waals surface area (Å²) in [4.78, 5) is 27.5. The van der Waals surface area contributed by atoms with Gasteiger partial charge in [-0.3, -0.25) is 4.79 Å². The summed E-state index contributed by atoms with van der Waals surface area (Å²) in [5.41, 5.74) is 5.29. The van der Waals surface area contributed by atoms with Gasteiger partial charge in [0, 0.05) is 49.0 Å². The molecule has 0 bridgehead atoms. The van der Waals surface area contributed by atoms with E-state index in [1.807, 2.05) is 34.8 Å². The van der Waals surface area contributed by atoms with E-state index in [4.69, 9.17) is 0 Å². The lowest BCUT2D eigenvalue weighted by Gasteiger charge is -2.21. The molecular weight excluding hydrogens is 492 g/mol. The molecule has 0 aliphatic heterocycles. The van der Waals surface area contributed by atoms with E-state index in [1.54, 1.807) is 13.8 Å². The van der Waals surface area contributed by atoms with Gasteiger partial charge in [-0.05, 0) is 44.9 Å². The van der Waals surface area contributed by atoms with Crippen LogP contribution in [0.2, 0.25) is 0 Å². The lowest BCUT2D eigenvalue weighted by atomic mass is 10.2. The SMILES string of the molecule is CCc1cnc(N(CCc2csc(SC(C)(C)C(=O)O)n2)Cc2cnn(-c3ccc(C)cc3)c2)nc1. The molecule has 0 saturated heterocycles. The molecule has 36 heavy (non-hydrogen) atoms. The highest BCUT2D eigenvalue weighted by Gasteiger charge is 2.29. The third-order valence-corrected chi connectivity index (χ3v) is 7.89. The smallest absolute Gasteiger partial charge is 0.319 e. The van der Waals surface area contributed by atoms with Gasteiger partial charge in [-0.15, -0.1) is 11.3 Å². The number of aromatic nitrogens is 5. The first-order valence-corrected chi connectivity index (χ1v) is 13.5. The number of thiazole rings is 1. The number of aryl methyl sites for hydroxylation is 2. The van der Waals surface area contributed by atoms with E-state index in [2.05, 4.69) is 63.1 Å². The zero-order chi connectivity index (χ0) is 25.7. The average Bonchev–Trinajstić information content (AvgIpc) is 3.51. The maximum absolute atomic E-state index is 11.5. The third-order valence-electron chi connectivity index (χ3n) is 5.72. The molecule has 0 aliphatic carbocycles. The van der Waals surface area contributed by atoms with Crippen LogP contribution in [0.4, 0.5) is 5.95 Å². The maximum atomic E-state index is 11.5. The van der Waals surface area contributed by atoms with Crippen molar-refractivity contribution in [2.75, 3.05) is 11.4 Å². The number of thioether (sulfide) groups is 1. The molecule has 1 aromatic carbocycles. The van der Waals surface area contributed by atoms with E-state index in [0.29, 0.717) is 25.5 Å². The Kier molecular flexibility index (Phi) is 8.05. The maximum Gasteiger partial charge on any atom is 0.319 e. The van der Waals surface area contributed by atoms with E-state index in [1.165, 1.54) is 28.7 Å². The second kappa shape index (κ2) is 11.2. The normalized spacial score (nSPS) is 11.6. The molecule has 0 atom stereocenters. The summed E-state index contributed by atoms with van der Waals surface area (Å²) < 4.78 is 1.71. The zero-order valence-electron chi connectivity index (χ0n) is 20.9. The fraction of sp³-hybridized carbons (Fsp3) is 0.346. The van der Waals surface area contributed by atoms with Crippen LogP contribution in [-0.4, -0.2) is 47.1 Å². The van der Waals surface area contributed by atoms with Gasteiger partial charge in [0.15, 0.2) is 4.34 Å². The second-order valence-corrected chi connectivity index (χ2v) is 11.8. The quantitative estimate of drug-likeness (QED) is 0.269. The van der Waals surface area contributed by atoms with E-state index in [9.17, 15) is 9.90 Å². The van der Waals surface area contributed by atoms with Gasteiger partial charge in [-0.25, -0.2) is 19.6 Å². The van der Waals surface area contributed by atoms with Crippen LogP contribution in [0.3, 0.4) is 0 Å². The van der Waals surface area contributed by atoms with Gasteiger partial charge in [-0.2, -0.15) is 5.10 Å². The summed E-state index contributed by atoms with van der Waals surface area (Å²) in [6, 6.07) is 8.26. The third kappa shape index (κ3) is 6.50. The molecule has 8 nitrogen and oxygen atoms in total. The van der Waals surface area contributed by atoms with Crippen molar-refractivity contribution in [2.24, 2.45) is 0 Å². The molecule has 0 aliphatic rings. The van der Waals surface area contributed by atoms with Crippen molar-refractivity contribution < 1.29 is 9.90 Å². The van der Waals surface area contributed by atoms with Crippen molar-refractivity contribution in [3.63, 3.8) is 0 Å². The molecule has 0 amide bonds. The van der Waals surface area contributed by atoms with Crippen LogP contribution in [-0.2, 0) is 24.2 Å². The Bertz CT molecular complexity index is 1300. The van der Waals surface area contributed by atoms with Crippen LogP contribution in [0.15, 0.2) is 58.8 Å². The second-order valence-electron chi connectivity index (χ2n) is 9.07. The molecule has 3 aromatic heterocycles. The number of carbonyl (C=O) groups is 1. The predicted molar refractivity (Wildman–Crippen MR) is 144 cm³/mol. The number of carboxylic acid groups (broad SMARTS) is 1. The van der Waals surface area contributed by atoms with Gasteiger partial charge < -0.3 is 10.0 Å². The number of carboxylic acids is 1. The number of rotatable bonds is 11. The molecule has 10 heteroatoms. The topological polar surface area (TPSA) is 97.0 Å². The number of anilines is 1. The van der Waals surface area contributed by atoms with Crippen molar-refractivity contribution in [1.29, 1.82) is 0 Å². The number of hydrogen-bond donors (Lipinski definition) is 1. The Morgan fingerprint density at radius 2 is 1.86 bits per heavy atom. The number of nitrogens with zero attached hydrogens (tertiary/aromatic N) is 6. The molecule has 4 aromatic rings. The Labute approximate surface area is 219 Å². The van der Waals surface area contributed by atoms with Gasteiger partial charge in [0.2, 0.25) is 5.95 Å². The molecule has 0 saturated carbocycles. The van der Waals surface area contributed by atoms with Crippen LogP contribution >= 0.6 is 23.1 Å². The Hall–Kier alpha value is -3.24. The van der Waals surface area contributed by atoms with Crippen molar-refractivity contribution in [2.45, 2.75) is 56.2 Å². The summed E-state index contributed by atoms with van der Waals surface area (Å²) in [6.07, 6.45) is 9.22. The fourth-order valence-electron chi connectivity index (χ4n) is 3.41.